The number of carbonyl (C=O) groups is 1. The molecule has 1 amide bonds. The zero-order valence-electron chi connectivity index (χ0n) is 20.0. The maximum absolute atomic E-state index is 13.3. The van der Waals surface area contributed by atoms with Gasteiger partial charge in [-0.3, -0.25) is 9.59 Å². The summed E-state index contributed by atoms with van der Waals surface area (Å²) in [5.74, 6) is -0.986. The summed E-state index contributed by atoms with van der Waals surface area (Å²) in [7, 11) is -4.00. The first-order valence-electron chi connectivity index (χ1n) is 10.8. The third kappa shape index (κ3) is 6.50. The van der Waals surface area contributed by atoms with Crippen LogP contribution in [0, 0.1) is 12.7 Å². The van der Waals surface area contributed by atoms with Gasteiger partial charge in [0.2, 0.25) is 15.9 Å². The van der Waals surface area contributed by atoms with Crippen LogP contribution < -0.4 is 15.6 Å². The minimum absolute atomic E-state index is 0.0232. The second-order valence-corrected chi connectivity index (χ2v) is 11.4. The van der Waals surface area contributed by atoms with E-state index in [-0.39, 0.29) is 26.4 Å². The Morgan fingerprint density at radius 3 is 2.44 bits per heavy atom. The molecule has 1 unspecified atom stereocenters. The van der Waals surface area contributed by atoms with E-state index in [4.69, 9.17) is 23.2 Å². The van der Waals surface area contributed by atoms with E-state index in [0.717, 1.165) is 16.4 Å². The Morgan fingerprint density at radius 1 is 1.17 bits per heavy atom. The zero-order valence-corrected chi connectivity index (χ0v) is 22.3. The van der Waals surface area contributed by atoms with Crippen LogP contribution in [-0.2, 0) is 21.2 Å². The molecule has 8 nitrogen and oxygen atoms in total. The molecule has 2 N–H and O–H groups in total. The van der Waals surface area contributed by atoms with E-state index in [1.165, 1.54) is 25.1 Å². The summed E-state index contributed by atoms with van der Waals surface area (Å²) in [4.78, 5) is 25.1. The molecule has 3 aromatic rings. The first-order valence-corrected chi connectivity index (χ1v) is 13.1. The van der Waals surface area contributed by atoms with Gasteiger partial charge in [-0.05, 0) is 69.5 Å². The number of anilines is 1. The number of hydrogen-bond donors (Lipinski definition) is 2. The first-order chi connectivity index (χ1) is 16.7. The number of aromatic nitrogens is 2. The molecule has 0 aliphatic rings. The largest absolute Gasteiger partial charge is 0.324 e. The molecule has 1 atom stereocenters. The van der Waals surface area contributed by atoms with Gasteiger partial charge in [0.15, 0.2) is 0 Å². The van der Waals surface area contributed by atoms with Crippen molar-refractivity contribution in [2.24, 2.45) is 0 Å². The van der Waals surface area contributed by atoms with Gasteiger partial charge < -0.3 is 5.32 Å². The molecule has 192 valence electrons. The molecule has 1 heterocycles. The van der Waals surface area contributed by atoms with Crippen molar-refractivity contribution in [2.75, 3.05) is 5.32 Å². The Labute approximate surface area is 218 Å². The standard InChI is InChI=1S/C24H25Cl2FN4O4S/c1-14-5-10-18(29-22(32)15(2)31-23(33)21(26)19(25)13-28-31)11-20(14)36(34,35)30-24(3,4)12-16-6-8-17(27)9-7-16/h5-11,13,15,30H,12H2,1-4H3,(H,29,32). The summed E-state index contributed by atoms with van der Waals surface area (Å²) in [5.41, 5.74) is -0.179. The highest BCUT2D eigenvalue weighted by Crippen LogP contribution is 2.24. The van der Waals surface area contributed by atoms with Crippen molar-refractivity contribution in [1.29, 1.82) is 0 Å². The molecule has 0 spiro atoms. The zero-order chi connectivity index (χ0) is 26.8. The SMILES string of the molecule is Cc1ccc(NC(=O)C(C)n2ncc(Cl)c(Cl)c2=O)cc1S(=O)(=O)NC(C)(C)Cc1ccc(F)cc1. The average Bonchev–Trinajstić information content (AvgIpc) is 2.79. The van der Waals surface area contributed by atoms with E-state index < -0.39 is 33.1 Å². The van der Waals surface area contributed by atoms with Gasteiger partial charge in [-0.15, -0.1) is 0 Å². The predicted octanol–water partition coefficient (Wildman–Crippen LogP) is 4.50. The molecule has 2 aromatic carbocycles. The lowest BCUT2D eigenvalue weighted by molar-refractivity contribution is -0.119. The van der Waals surface area contributed by atoms with Crippen LogP contribution in [0.2, 0.25) is 10.0 Å². The fourth-order valence-corrected chi connectivity index (χ4v) is 5.54. The number of halogens is 3. The van der Waals surface area contributed by atoms with E-state index in [1.807, 2.05) is 0 Å². The third-order valence-electron chi connectivity index (χ3n) is 5.36. The topological polar surface area (TPSA) is 110 Å². The van der Waals surface area contributed by atoms with Crippen molar-refractivity contribution in [2.45, 2.75) is 50.6 Å². The maximum atomic E-state index is 13.3. The third-order valence-corrected chi connectivity index (χ3v) is 7.95. The molecule has 12 heteroatoms. The predicted molar refractivity (Wildman–Crippen MR) is 138 cm³/mol. The molecule has 36 heavy (non-hydrogen) atoms. The Kier molecular flexibility index (Phi) is 8.24. The number of aryl methyl sites for hydroxylation is 1. The fraction of sp³-hybridized carbons (Fsp3) is 0.292. The molecular formula is C24H25Cl2FN4O4S. The number of hydrogen-bond acceptors (Lipinski definition) is 5. The number of nitrogens with one attached hydrogen (secondary N) is 2. The molecule has 1 aromatic heterocycles. The fourth-order valence-electron chi connectivity index (χ4n) is 3.59. The molecule has 0 aliphatic heterocycles. The summed E-state index contributed by atoms with van der Waals surface area (Å²) in [5, 5.41) is 6.17. The Hall–Kier alpha value is -2.79. The van der Waals surface area contributed by atoms with Crippen LogP contribution in [0.5, 0.6) is 0 Å². The van der Waals surface area contributed by atoms with Crippen molar-refractivity contribution >= 4 is 44.8 Å². The number of sulfonamides is 1. The van der Waals surface area contributed by atoms with Gasteiger partial charge in [0.05, 0.1) is 16.1 Å². The van der Waals surface area contributed by atoms with Gasteiger partial charge in [0.1, 0.15) is 16.9 Å². The molecular weight excluding hydrogens is 530 g/mol. The van der Waals surface area contributed by atoms with E-state index in [9.17, 15) is 22.4 Å². The van der Waals surface area contributed by atoms with Crippen molar-refractivity contribution in [3.8, 4) is 0 Å². The first kappa shape index (κ1) is 27.8. The summed E-state index contributed by atoms with van der Waals surface area (Å²) in [6, 6.07) is 9.23. The summed E-state index contributed by atoms with van der Waals surface area (Å²) in [6.07, 6.45) is 1.48. The smallest absolute Gasteiger partial charge is 0.287 e. The summed E-state index contributed by atoms with van der Waals surface area (Å²) in [6.45, 7) is 6.52. The van der Waals surface area contributed by atoms with E-state index in [2.05, 4.69) is 15.1 Å². The van der Waals surface area contributed by atoms with Crippen LogP contribution in [0.3, 0.4) is 0 Å². The normalized spacial score (nSPS) is 12.9. The van der Waals surface area contributed by atoms with E-state index in [1.54, 1.807) is 45.0 Å². The van der Waals surface area contributed by atoms with Crippen molar-refractivity contribution in [1.82, 2.24) is 14.5 Å². The van der Waals surface area contributed by atoms with Gasteiger partial charge in [-0.2, -0.15) is 5.10 Å². The van der Waals surface area contributed by atoms with E-state index >= 15 is 0 Å². The highest BCUT2D eigenvalue weighted by molar-refractivity contribution is 7.89. The second kappa shape index (κ2) is 10.7. The van der Waals surface area contributed by atoms with Gasteiger partial charge in [0, 0.05) is 11.2 Å². The number of rotatable bonds is 8. The van der Waals surface area contributed by atoms with Crippen LogP contribution in [-0.4, -0.2) is 29.6 Å². The minimum atomic E-state index is -4.00. The van der Waals surface area contributed by atoms with Gasteiger partial charge >= 0.3 is 0 Å². The van der Waals surface area contributed by atoms with Crippen molar-refractivity contribution < 1.29 is 17.6 Å². The average molecular weight is 555 g/mol. The quantitative estimate of drug-likeness (QED) is 0.426. The van der Waals surface area contributed by atoms with Crippen LogP contribution in [0.25, 0.3) is 0 Å². The lowest BCUT2D eigenvalue weighted by atomic mass is 9.96. The second-order valence-electron chi connectivity index (χ2n) is 8.99. The minimum Gasteiger partial charge on any atom is -0.324 e. The molecule has 0 fully saturated rings. The molecule has 0 saturated carbocycles. The summed E-state index contributed by atoms with van der Waals surface area (Å²) < 4.78 is 43.3. The molecule has 0 saturated heterocycles. The van der Waals surface area contributed by atoms with Crippen molar-refractivity contribution in [3.63, 3.8) is 0 Å². The highest BCUT2D eigenvalue weighted by Gasteiger charge is 2.28. The molecule has 0 radical (unpaired) electrons. The van der Waals surface area contributed by atoms with Crippen LogP contribution in [0.1, 0.15) is 37.9 Å². The lowest BCUT2D eigenvalue weighted by Gasteiger charge is -2.27. The Morgan fingerprint density at radius 2 is 1.81 bits per heavy atom. The number of amides is 1. The van der Waals surface area contributed by atoms with Crippen LogP contribution in [0.4, 0.5) is 10.1 Å². The van der Waals surface area contributed by atoms with Gasteiger partial charge in [0.25, 0.3) is 5.56 Å². The van der Waals surface area contributed by atoms with Gasteiger partial charge in [-0.25, -0.2) is 22.2 Å². The lowest BCUT2D eigenvalue weighted by Crippen LogP contribution is -2.45. The highest BCUT2D eigenvalue weighted by atomic mass is 35.5. The Balaban J connectivity index is 1.81. The number of carbonyl (C=O) groups excluding carboxylic acids is 1. The van der Waals surface area contributed by atoms with Crippen LogP contribution >= 0.6 is 23.2 Å². The summed E-state index contributed by atoms with van der Waals surface area (Å²) >= 11 is 11.6. The Bertz CT molecular complexity index is 1460. The van der Waals surface area contributed by atoms with E-state index in [0.29, 0.717) is 12.0 Å². The molecule has 0 bridgehead atoms. The van der Waals surface area contributed by atoms with Gasteiger partial charge in [-0.1, -0.05) is 41.4 Å². The molecule has 3 rings (SSSR count). The molecule has 0 aliphatic carbocycles. The monoisotopic (exact) mass is 554 g/mol. The van der Waals surface area contributed by atoms with Crippen molar-refractivity contribution in [3.05, 3.63) is 86.0 Å². The number of nitrogens with zero attached hydrogens (tertiary/aromatic N) is 2. The number of benzene rings is 2. The van der Waals surface area contributed by atoms with Crippen LogP contribution in [0.15, 0.2) is 58.4 Å². The maximum Gasteiger partial charge on any atom is 0.287 e.